The first-order valence-electron chi connectivity index (χ1n) is 17.0. The molecule has 2 aliphatic carbocycles. The van der Waals surface area contributed by atoms with Crippen molar-refractivity contribution in [3.63, 3.8) is 0 Å². The van der Waals surface area contributed by atoms with Crippen LogP contribution in [0.1, 0.15) is 0 Å². The van der Waals surface area contributed by atoms with E-state index in [1.54, 1.807) is 0 Å². The molecule has 0 heterocycles. The Kier molecular flexibility index (Phi) is 29.2. The molecule has 0 spiro atoms. The van der Waals surface area contributed by atoms with E-state index in [0.29, 0.717) is 0 Å². The standard InChI is InChI=1S/2C18H15P.C5H4Br.C5H4.2Au.BF4.Fe/c2*1-4-10-16(11-5-1)19(17-12-6-2-7-13-17)18-14-8-3-9-15-18;6-5-3-1-2-4-5;1-2-4-5-3-1;;;2-1(3,4)5;/h2*1-15H;1-4H;1-4H;;;;/q;;;+1;;;-1;. The van der Waals surface area contributed by atoms with E-state index in [-0.39, 0.29) is 61.8 Å². The molecule has 0 unspecified atom stereocenters. The first-order valence-corrected chi connectivity index (χ1v) is 20.5. The Bertz CT molecular complexity index is 1490. The second-order valence-electron chi connectivity index (χ2n) is 11.2. The van der Waals surface area contributed by atoms with Crippen LogP contribution in [0.3, 0.4) is 0 Å². The molecule has 2 aliphatic rings. The predicted molar refractivity (Wildman–Crippen MR) is 230 cm³/mol. The molecule has 0 N–H and O–H groups in total. The summed E-state index contributed by atoms with van der Waals surface area (Å²) in [5.74, 6) is 0. The van der Waals surface area contributed by atoms with Crippen LogP contribution in [0.25, 0.3) is 0 Å². The van der Waals surface area contributed by atoms with Gasteiger partial charge in [-0.3, -0.25) is 0 Å². The average molecular weight is 1270 g/mol. The zero-order valence-electron chi connectivity index (χ0n) is 30.3. The van der Waals surface area contributed by atoms with Crippen LogP contribution in [-0.2, 0) is 61.8 Å². The van der Waals surface area contributed by atoms with Gasteiger partial charge in [-0.05, 0) is 73.4 Å². The van der Waals surface area contributed by atoms with Gasteiger partial charge in [0.15, 0.2) is 12.8 Å². The second kappa shape index (κ2) is 31.2. The molecular formula is C46H38Au2BBrF4FeP2. The Balaban J connectivity index is 0.000000398. The van der Waals surface area contributed by atoms with Crippen molar-refractivity contribution in [1.82, 2.24) is 0 Å². The van der Waals surface area contributed by atoms with E-state index in [1.165, 1.54) is 31.8 Å². The normalized spacial score (nSPS) is 12.8. The largest absolute Gasteiger partial charge is 0.673 e. The van der Waals surface area contributed by atoms with Crippen LogP contribution in [0.15, 0.2) is 182 Å². The zero-order chi connectivity index (χ0) is 38.3. The molecule has 6 aromatic carbocycles. The van der Waals surface area contributed by atoms with Crippen LogP contribution in [-0.4, -0.2) is 7.25 Å². The maximum Gasteiger partial charge on any atom is 0.673 e. The van der Waals surface area contributed by atoms with E-state index in [2.05, 4.69) is 204 Å². The third-order valence-electron chi connectivity index (χ3n) is 7.20. The van der Waals surface area contributed by atoms with Gasteiger partial charge in [-0.25, -0.2) is 0 Å². The van der Waals surface area contributed by atoms with Crippen LogP contribution in [0.5, 0.6) is 0 Å². The van der Waals surface area contributed by atoms with Crippen molar-refractivity contribution in [3.8, 4) is 0 Å². The Morgan fingerprint density at radius 1 is 0.368 bits per heavy atom. The minimum Gasteiger partial charge on any atom is -0.418 e. The molecule has 0 bridgehead atoms. The van der Waals surface area contributed by atoms with Gasteiger partial charge in [0.2, 0.25) is 0 Å². The molecule has 0 saturated heterocycles. The molecule has 8 rings (SSSR count). The molecule has 57 heavy (non-hydrogen) atoms. The van der Waals surface area contributed by atoms with E-state index >= 15 is 0 Å². The molecule has 0 atom stereocenters. The zero-order valence-corrected chi connectivity index (χ0v) is 39.1. The summed E-state index contributed by atoms with van der Waals surface area (Å²) in [4.78, 5) is 1.16. The number of hydrogen-bond acceptors (Lipinski definition) is 0. The predicted octanol–water partition coefficient (Wildman–Crippen LogP) is 10.8. The summed E-state index contributed by atoms with van der Waals surface area (Å²) in [6.45, 7) is 0. The van der Waals surface area contributed by atoms with Gasteiger partial charge in [0.05, 0.1) is 0 Å². The van der Waals surface area contributed by atoms with Gasteiger partial charge in [0.25, 0.3) is 6.42 Å². The third kappa shape index (κ3) is 21.9. The molecule has 0 amide bonds. The average Bonchev–Trinajstić information content (AvgIpc) is 3.96. The minimum absolute atomic E-state index is 0. The molecule has 2 saturated carbocycles. The summed E-state index contributed by atoms with van der Waals surface area (Å²) in [7, 11) is -6.89. The SMILES string of the molecule is Br[C]1[CH][CH][CH][CH]1.F[B-](F)(F)F.[Au].[Au].[C+]1[CH][CH][CH][CH]1.[Fe].c1ccc(P(c2ccccc2)c2ccccc2)cc1.c1ccc(P(c2ccccc2)c2ccccc2)cc1. The quantitative estimate of drug-likeness (QED) is 0.0675. The summed E-state index contributed by atoms with van der Waals surface area (Å²) in [5, 5.41) is 8.39. The summed E-state index contributed by atoms with van der Waals surface area (Å²) in [5.41, 5.74) is 0. The smallest absolute Gasteiger partial charge is 0.418 e. The van der Waals surface area contributed by atoms with Gasteiger partial charge < -0.3 is 17.3 Å². The van der Waals surface area contributed by atoms with Crippen molar-refractivity contribution in [2.75, 3.05) is 0 Å². The van der Waals surface area contributed by atoms with Crippen LogP contribution in [0.4, 0.5) is 17.3 Å². The van der Waals surface area contributed by atoms with Crippen molar-refractivity contribution in [1.29, 1.82) is 0 Å². The van der Waals surface area contributed by atoms with Gasteiger partial charge in [0, 0.05) is 79.5 Å². The van der Waals surface area contributed by atoms with Crippen LogP contribution in [0, 0.1) is 62.6 Å². The van der Waals surface area contributed by atoms with Gasteiger partial charge in [-0.2, -0.15) is 0 Å². The molecule has 12 radical (unpaired) electrons. The molecule has 6 aromatic rings. The fraction of sp³-hybridized carbons (Fsp3) is 0. The topological polar surface area (TPSA) is 0 Å². The maximum absolute atomic E-state index is 9.75. The van der Waals surface area contributed by atoms with Crippen molar-refractivity contribution >= 4 is 70.9 Å². The maximum atomic E-state index is 9.75. The van der Waals surface area contributed by atoms with Crippen molar-refractivity contribution in [2.45, 2.75) is 0 Å². The van der Waals surface area contributed by atoms with Gasteiger partial charge >= 0.3 is 7.25 Å². The molecule has 0 nitrogen and oxygen atoms in total. The number of hydrogen-bond donors (Lipinski definition) is 0. The Morgan fingerprint density at radius 2 is 0.561 bits per heavy atom. The van der Waals surface area contributed by atoms with Crippen molar-refractivity contribution < 1.29 is 79.1 Å². The van der Waals surface area contributed by atoms with Gasteiger partial charge in [0.1, 0.15) is 0 Å². The monoisotopic (exact) mass is 1270 g/mol. The van der Waals surface area contributed by atoms with Crippen molar-refractivity contribution in [2.24, 2.45) is 0 Å². The molecule has 300 valence electrons. The third-order valence-corrected chi connectivity index (χ3v) is 12.6. The summed E-state index contributed by atoms with van der Waals surface area (Å²) >= 11 is 3.28. The van der Waals surface area contributed by atoms with E-state index in [1.807, 2.05) is 51.4 Å². The molecule has 2 fully saturated rings. The summed E-state index contributed by atoms with van der Waals surface area (Å²) < 4.78 is 39.0. The Labute approximate surface area is 391 Å². The summed E-state index contributed by atoms with van der Waals surface area (Å²) in [6, 6.07) is 64.7. The van der Waals surface area contributed by atoms with Gasteiger partial charge in [-0.15, -0.1) is 0 Å². The van der Waals surface area contributed by atoms with Crippen LogP contribution >= 0.6 is 31.8 Å². The van der Waals surface area contributed by atoms with Crippen molar-refractivity contribution in [3.05, 3.63) is 245 Å². The number of rotatable bonds is 6. The first kappa shape index (κ1) is 53.3. The van der Waals surface area contributed by atoms with E-state index in [0.717, 1.165) is 4.83 Å². The van der Waals surface area contributed by atoms with E-state index < -0.39 is 23.1 Å². The number of benzene rings is 6. The van der Waals surface area contributed by atoms with Crippen LogP contribution < -0.4 is 31.8 Å². The molecule has 0 aromatic heterocycles. The molecule has 0 aliphatic heterocycles. The fourth-order valence-electron chi connectivity index (χ4n) is 4.99. The molecular weight excluding hydrogens is 1230 g/mol. The second-order valence-corrected chi connectivity index (χ2v) is 16.5. The molecule has 11 heteroatoms. The van der Waals surface area contributed by atoms with E-state index in [4.69, 9.17) is 0 Å². The van der Waals surface area contributed by atoms with E-state index in [9.17, 15) is 17.3 Å². The minimum atomic E-state index is -6.00. The first-order chi connectivity index (χ1) is 26.3. The fourth-order valence-corrected chi connectivity index (χ4v) is 9.90. The summed E-state index contributed by atoms with van der Waals surface area (Å²) in [6.07, 6.45) is 18.5. The number of halogens is 5. The van der Waals surface area contributed by atoms with Gasteiger partial charge in [-0.1, -0.05) is 198 Å². The van der Waals surface area contributed by atoms with Crippen LogP contribution in [0.2, 0.25) is 0 Å². The Hall–Kier alpha value is -1.69. The Morgan fingerprint density at radius 3 is 0.684 bits per heavy atom.